The van der Waals surface area contributed by atoms with Gasteiger partial charge in [0, 0.05) is 26.2 Å². The van der Waals surface area contributed by atoms with Gasteiger partial charge in [0.05, 0.1) is 0 Å². The van der Waals surface area contributed by atoms with E-state index in [0.717, 1.165) is 18.4 Å². The van der Waals surface area contributed by atoms with Crippen molar-refractivity contribution in [2.45, 2.75) is 12.8 Å². The van der Waals surface area contributed by atoms with E-state index in [2.05, 4.69) is 74.6 Å². The zero-order valence-electron chi connectivity index (χ0n) is 19.9. The molecule has 0 heterocycles. The van der Waals surface area contributed by atoms with Crippen molar-refractivity contribution in [2.75, 3.05) is 20.0 Å². The summed E-state index contributed by atoms with van der Waals surface area (Å²) in [5.74, 6) is 0. The van der Waals surface area contributed by atoms with Crippen molar-refractivity contribution in [1.29, 1.82) is 0 Å². The second-order valence-corrected chi connectivity index (χ2v) is 10.4. The van der Waals surface area contributed by atoms with Crippen molar-refractivity contribution in [3.63, 3.8) is 0 Å². The summed E-state index contributed by atoms with van der Waals surface area (Å²) < 4.78 is 0. The number of hydrogen-bond acceptors (Lipinski definition) is 0. The molecule has 0 amide bonds. The van der Waals surface area contributed by atoms with Gasteiger partial charge in [-0.15, -0.1) is 7.92 Å². The van der Waals surface area contributed by atoms with Crippen LogP contribution in [-0.2, 0) is 26.2 Å². The van der Waals surface area contributed by atoms with Crippen molar-refractivity contribution in [1.82, 2.24) is 0 Å². The summed E-state index contributed by atoms with van der Waals surface area (Å²) in [5.41, 5.74) is 5.12. The standard InChI is InChI=1S/C18H14.2C5H5.C3H9P.Zr/c1-3-7-15(8-4-1)11-12-17-13-14-18(17)16-9-5-2-6-10-16;2*1-2-4-5-3-1;1-4(2)3;/h1-10H,13-14H2;2*1-5H;1-3H3;. The van der Waals surface area contributed by atoms with Crippen molar-refractivity contribution < 1.29 is 26.2 Å². The van der Waals surface area contributed by atoms with Gasteiger partial charge < -0.3 is 0 Å². The molecule has 2 heteroatoms. The minimum atomic E-state index is 0. The Labute approximate surface area is 225 Å². The van der Waals surface area contributed by atoms with Crippen LogP contribution in [0.4, 0.5) is 0 Å². The van der Waals surface area contributed by atoms with E-state index in [9.17, 15) is 0 Å². The fourth-order valence-corrected chi connectivity index (χ4v) is 2.78. The van der Waals surface area contributed by atoms with E-state index < -0.39 is 0 Å². The van der Waals surface area contributed by atoms with Crippen LogP contribution >= 0.6 is 7.92 Å². The smallest absolute Gasteiger partial charge is 0 e. The molecule has 2 aromatic rings. The van der Waals surface area contributed by atoms with E-state index in [1.54, 1.807) is 0 Å². The Kier molecular flexibility index (Phi) is 17.9. The van der Waals surface area contributed by atoms with E-state index >= 15 is 0 Å². The van der Waals surface area contributed by atoms with Crippen molar-refractivity contribution >= 4 is 13.5 Å². The van der Waals surface area contributed by atoms with Crippen LogP contribution in [0.15, 0.2) is 66.2 Å². The third-order valence-corrected chi connectivity index (χ3v) is 4.35. The fourth-order valence-electron chi connectivity index (χ4n) is 2.78. The minimum Gasteiger partial charge on any atom is -0.116 e. The van der Waals surface area contributed by atoms with Gasteiger partial charge in [0.1, 0.15) is 0 Å². The fraction of sp³-hybridized carbons (Fsp3) is 0.161. The number of hydrogen-bond donors (Lipinski definition) is 0. The molecule has 5 rings (SSSR count). The summed E-state index contributed by atoms with van der Waals surface area (Å²) in [7, 11) is 0.380. The van der Waals surface area contributed by atoms with Gasteiger partial charge in [-0.05, 0) is 131 Å². The van der Waals surface area contributed by atoms with Gasteiger partial charge in [0.2, 0.25) is 0 Å². The summed E-state index contributed by atoms with van der Waals surface area (Å²) in [6, 6.07) is 20.7. The van der Waals surface area contributed by atoms with Crippen LogP contribution in [0.5, 0.6) is 0 Å². The first-order chi connectivity index (χ1) is 15.7. The van der Waals surface area contributed by atoms with Gasteiger partial charge in [0.15, 0.2) is 0 Å². The Morgan fingerprint density at radius 3 is 1.30 bits per heavy atom. The SMILES string of the molecule is CP(C)C.[CH]1[CH][CH][CH][CH]1.[CH]1[CH][CH][CH][CH]1.[C](=[C]c1ccccc1)C1=C(c2ccccc2)CC1.[Zr]. The number of rotatable bonds is 3. The molecule has 3 aliphatic rings. The van der Waals surface area contributed by atoms with Crippen molar-refractivity contribution in [2.24, 2.45) is 0 Å². The third kappa shape index (κ3) is 14.3. The largest absolute Gasteiger partial charge is 0.116 e. The van der Waals surface area contributed by atoms with Gasteiger partial charge in [-0.25, -0.2) is 0 Å². The molecule has 3 aliphatic carbocycles. The summed E-state index contributed by atoms with van der Waals surface area (Å²) in [6.45, 7) is 6.69. The molecule has 166 valence electrons. The molecule has 12 radical (unpaired) electrons. The molecule has 0 nitrogen and oxygen atoms in total. The van der Waals surface area contributed by atoms with Crippen LogP contribution in [-0.4, -0.2) is 20.0 Å². The second-order valence-electron chi connectivity index (χ2n) is 7.71. The quantitative estimate of drug-likeness (QED) is 0.357. The molecule has 0 N–H and O–H groups in total. The molecule has 0 saturated heterocycles. The van der Waals surface area contributed by atoms with Crippen molar-refractivity contribution in [3.05, 3.63) is 154 Å². The van der Waals surface area contributed by atoms with Crippen LogP contribution in [0, 0.1) is 76.4 Å². The van der Waals surface area contributed by atoms with Crippen LogP contribution in [0.3, 0.4) is 0 Å². The van der Waals surface area contributed by atoms with Crippen LogP contribution in [0.25, 0.3) is 5.57 Å². The maximum absolute atomic E-state index is 3.31. The van der Waals surface area contributed by atoms with Crippen LogP contribution in [0.1, 0.15) is 24.0 Å². The molecule has 2 fully saturated rings. The normalized spacial score (nSPS) is 16.5. The molecule has 0 unspecified atom stereocenters. The van der Waals surface area contributed by atoms with E-state index in [1.807, 2.05) is 82.4 Å². The Hall–Kier alpha value is -0.767. The zero-order chi connectivity index (χ0) is 22.9. The molecule has 0 aromatic heterocycles. The maximum atomic E-state index is 3.31. The number of allylic oxidation sites excluding steroid dienone is 3. The molecular formula is C31H33PZr. The van der Waals surface area contributed by atoms with E-state index in [4.69, 9.17) is 0 Å². The summed E-state index contributed by atoms with van der Waals surface area (Å²) in [4.78, 5) is 0. The van der Waals surface area contributed by atoms with Gasteiger partial charge in [0.25, 0.3) is 0 Å². The second kappa shape index (κ2) is 19.5. The molecule has 2 aromatic carbocycles. The van der Waals surface area contributed by atoms with Gasteiger partial charge in [-0.1, -0.05) is 60.7 Å². The van der Waals surface area contributed by atoms with E-state index in [-0.39, 0.29) is 26.2 Å². The molecular weight excluding hydrogens is 495 g/mol. The summed E-state index contributed by atoms with van der Waals surface area (Å²) in [5, 5.41) is 0. The monoisotopic (exact) mass is 526 g/mol. The first-order valence-corrected chi connectivity index (χ1v) is 13.6. The Morgan fingerprint density at radius 1 is 0.545 bits per heavy atom. The zero-order valence-corrected chi connectivity index (χ0v) is 23.3. The molecule has 33 heavy (non-hydrogen) atoms. The first kappa shape index (κ1) is 30.3. The van der Waals surface area contributed by atoms with E-state index in [1.165, 1.54) is 16.7 Å². The van der Waals surface area contributed by atoms with Crippen LogP contribution < -0.4 is 0 Å². The molecule has 0 spiro atoms. The first-order valence-electron chi connectivity index (χ1n) is 11.0. The topological polar surface area (TPSA) is 0 Å². The van der Waals surface area contributed by atoms with E-state index in [0.29, 0.717) is 7.92 Å². The Bertz CT molecular complexity index is 741. The number of benzene rings is 2. The predicted octanol–water partition coefficient (Wildman–Crippen LogP) is 7.84. The molecule has 0 atom stereocenters. The average Bonchev–Trinajstić information content (AvgIpc) is 3.53. The van der Waals surface area contributed by atoms with Crippen LogP contribution in [0.2, 0.25) is 0 Å². The van der Waals surface area contributed by atoms with Gasteiger partial charge in [-0.2, -0.15) is 0 Å². The Morgan fingerprint density at radius 2 is 0.939 bits per heavy atom. The van der Waals surface area contributed by atoms with Crippen molar-refractivity contribution in [3.8, 4) is 0 Å². The molecule has 0 bridgehead atoms. The minimum absolute atomic E-state index is 0. The van der Waals surface area contributed by atoms with Gasteiger partial charge >= 0.3 is 0 Å². The predicted molar refractivity (Wildman–Crippen MR) is 142 cm³/mol. The Balaban J connectivity index is 0.000000296. The summed E-state index contributed by atoms with van der Waals surface area (Å²) in [6.07, 6.45) is 28.8. The van der Waals surface area contributed by atoms with Gasteiger partial charge in [-0.3, -0.25) is 0 Å². The third-order valence-electron chi connectivity index (χ3n) is 4.35. The molecule has 0 aliphatic heterocycles. The summed E-state index contributed by atoms with van der Waals surface area (Å²) >= 11 is 0. The maximum Gasteiger partial charge on any atom is 0 e. The average molecular weight is 528 g/mol. The molecule has 2 saturated carbocycles.